The van der Waals surface area contributed by atoms with Crippen molar-refractivity contribution in [2.45, 2.75) is 32.0 Å². The first-order valence-electron chi connectivity index (χ1n) is 8.80. The summed E-state index contributed by atoms with van der Waals surface area (Å²) in [6, 6.07) is 13.3. The van der Waals surface area contributed by atoms with Crippen LogP contribution in [0.3, 0.4) is 0 Å². The number of carbonyl (C=O) groups is 3. The van der Waals surface area contributed by atoms with Gasteiger partial charge in [0.15, 0.2) is 0 Å². The van der Waals surface area contributed by atoms with Crippen LogP contribution in [0, 0.1) is 0 Å². The highest BCUT2D eigenvalue weighted by atomic mass is 35.5. The molecule has 0 aliphatic carbocycles. The summed E-state index contributed by atoms with van der Waals surface area (Å²) < 4.78 is 0. The number of carbonyl (C=O) groups excluding carboxylic acids is 3. The zero-order valence-corrected chi connectivity index (χ0v) is 16.5. The largest absolute Gasteiger partial charge is 0.352 e. The summed E-state index contributed by atoms with van der Waals surface area (Å²) >= 11 is 11.8. The van der Waals surface area contributed by atoms with Crippen molar-refractivity contribution in [2.24, 2.45) is 0 Å². The van der Waals surface area contributed by atoms with Gasteiger partial charge >= 0.3 is 6.03 Å². The van der Waals surface area contributed by atoms with Crippen LogP contribution >= 0.6 is 23.2 Å². The predicted octanol–water partition coefficient (Wildman–Crippen LogP) is 3.51. The van der Waals surface area contributed by atoms with E-state index in [1.807, 2.05) is 30.3 Å². The molecule has 0 spiro atoms. The van der Waals surface area contributed by atoms with Crippen LogP contribution in [0.1, 0.15) is 24.0 Å². The number of amides is 4. The van der Waals surface area contributed by atoms with Gasteiger partial charge in [0, 0.05) is 13.0 Å². The molecule has 0 bridgehead atoms. The Bertz CT molecular complexity index is 890. The van der Waals surface area contributed by atoms with Crippen molar-refractivity contribution in [3.05, 3.63) is 69.7 Å². The van der Waals surface area contributed by atoms with E-state index in [1.54, 1.807) is 18.2 Å². The van der Waals surface area contributed by atoms with E-state index in [4.69, 9.17) is 23.2 Å². The quantitative estimate of drug-likeness (QED) is 0.673. The van der Waals surface area contributed by atoms with E-state index in [0.29, 0.717) is 16.6 Å². The SMILES string of the molecule is O=C(CCC1NC(=O)N(Cc2ccccc2)C1=O)NCc1ccc(Cl)c(Cl)c1. The summed E-state index contributed by atoms with van der Waals surface area (Å²) in [5, 5.41) is 6.28. The van der Waals surface area contributed by atoms with E-state index in [9.17, 15) is 14.4 Å². The van der Waals surface area contributed by atoms with Gasteiger partial charge < -0.3 is 10.6 Å². The third kappa shape index (κ3) is 5.03. The number of halogens is 2. The average Bonchev–Trinajstić information content (AvgIpc) is 2.95. The van der Waals surface area contributed by atoms with Gasteiger partial charge in [-0.3, -0.25) is 14.5 Å². The number of imide groups is 1. The van der Waals surface area contributed by atoms with Crippen LogP contribution in [-0.4, -0.2) is 28.8 Å². The Balaban J connectivity index is 1.47. The second-order valence-electron chi connectivity index (χ2n) is 6.48. The lowest BCUT2D eigenvalue weighted by Crippen LogP contribution is -2.32. The second-order valence-corrected chi connectivity index (χ2v) is 7.29. The van der Waals surface area contributed by atoms with Gasteiger partial charge in [0.05, 0.1) is 16.6 Å². The van der Waals surface area contributed by atoms with Crippen LogP contribution in [-0.2, 0) is 22.7 Å². The molecule has 3 rings (SSSR count). The number of rotatable bonds is 7. The molecule has 1 saturated heterocycles. The van der Waals surface area contributed by atoms with Crippen molar-refractivity contribution in [3.8, 4) is 0 Å². The number of nitrogens with one attached hydrogen (secondary N) is 2. The Hall–Kier alpha value is -2.57. The molecule has 8 heteroatoms. The summed E-state index contributed by atoms with van der Waals surface area (Å²) in [6.07, 6.45) is 0.361. The van der Waals surface area contributed by atoms with Gasteiger partial charge in [-0.2, -0.15) is 0 Å². The summed E-state index contributed by atoms with van der Waals surface area (Å²) in [4.78, 5) is 37.8. The predicted molar refractivity (Wildman–Crippen MR) is 107 cm³/mol. The van der Waals surface area contributed by atoms with Crippen LogP contribution in [0.2, 0.25) is 10.0 Å². The van der Waals surface area contributed by atoms with E-state index in [2.05, 4.69) is 10.6 Å². The standard InChI is InChI=1S/C20H19Cl2N3O3/c21-15-7-6-14(10-16(15)22)11-23-18(26)9-8-17-19(27)25(20(28)24-17)12-13-4-2-1-3-5-13/h1-7,10,17H,8-9,11-12H2,(H,23,26)(H,24,28). The highest BCUT2D eigenvalue weighted by Crippen LogP contribution is 2.22. The fourth-order valence-electron chi connectivity index (χ4n) is 2.90. The maximum absolute atomic E-state index is 12.5. The van der Waals surface area contributed by atoms with E-state index >= 15 is 0 Å². The van der Waals surface area contributed by atoms with Gasteiger partial charge in [0.25, 0.3) is 5.91 Å². The Labute approximate surface area is 172 Å². The minimum atomic E-state index is -0.688. The number of hydrogen-bond donors (Lipinski definition) is 2. The maximum atomic E-state index is 12.5. The van der Waals surface area contributed by atoms with Crippen molar-refractivity contribution in [1.29, 1.82) is 0 Å². The molecular weight excluding hydrogens is 401 g/mol. The Morgan fingerprint density at radius 3 is 2.50 bits per heavy atom. The van der Waals surface area contributed by atoms with E-state index < -0.39 is 12.1 Å². The minimum absolute atomic E-state index is 0.122. The summed E-state index contributed by atoms with van der Waals surface area (Å²) in [6.45, 7) is 0.520. The first-order valence-corrected chi connectivity index (χ1v) is 9.56. The molecule has 1 aliphatic rings. The van der Waals surface area contributed by atoms with Crippen molar-refractivity contribution < 1.29 is 14.4 Å². The Kier molecular flexibility index (Phi) is 6.54. The molecule has 1 fully saturated rings. The number of nitrogens with zero attached hydrogens (tertiary/aromatic N) is 1. The minimum Gasteiger partial charge on any atom is -0.352 e. The normalized spacial score (nSPS) is 16.2. The molecule has 0 saturated carbocycles. The molecule has 1 aliphatic heterocycles. The van der Waals surface area contributed by atoms with Gasteiger partial charge in [0.1, 0.15) is 6.04 Å². The molecule has 1 heterocycles. The zero-order valence-electron chi connectivity index (χ0n) is 15.0. The molecule has 2 aromatic rings. The van der Waals surface area contributed by atoms with Crippen LogP contribution in [0.15, 0.2) is 48.5 Å². The first-order chi connectivity index (χ1) is 13.4. The summed E-state index contributed by atoms with van der Waals surface area (Å²) in [5.41, 5.74) is 1.69. The summed E-state index contributed by atoms with van der Waals surface area (Å²) in [7, 11) is 0. The number of benzene rings is 2. The molecule has 1 unspecified atom stereocenters. The van der Waals surface area contributed by atoms with Crippen molar-refractivity contribution in [3.63, 3.8) is 0 Å². The molecule has 6 nitrogen and oxygen atoms in total. The first kappa shape index (κ1) is 20.2. The van der Waals surface area contributed by atoms with Crippen LogP contribution in [0.5, 0.6) is 0 Å². The fourth-order valence-corrected chi connectivity index (χ4v) is 3.22. The molecule has 1 atom stereocenters. The molecule has 28 heavy (non-hydrogen) atoms. The smallest absolute Gasteiger partial charge is 0.325 e. The lowest BCUT2D eigenvalue weighted by molar-refractivity contribution is -0.128. The van der Waals surface area contributed by atoms with E-state index in [-0.39, 0.29) is 31.2 Å². The average molecular weight is 420 g/mol. The van der Waals surface area contributed by atoms with Gasteiger partial charge in [-0.25, -0.2) is 4.79 Å². The van der Waals surface area contributed by atoms with E-state index in [0.717, 1.165) is 11.1 Å². The van der Waals surface area contributed by atoms with E-state index in [1.165, 1.54) is 4.90 Å². The molecule has 2 N–H and O–H groups in total. The molecule has 0 radical (unpaired) electrons. The lowest BCUT2D eigenvalue weighted by atomic mass is 10.1. The Morgan fingerprint density at radius 1 is 1.04 bits per heavy atom. The molecule has 2 aromatic carbocycles. The molecule has 0 aromatic heterocycles. The molecule has 4 amide bonds. The van der Waals surface area contributed by atoms with Crippen molar-refractivity contribution in [1.82, 2.24) is 15.5 Å². The number of hydrogen-bond acceptors (Lipinski definition) is 3. The van der Waals surface area contributed by atoms with Gasteiger partial charge in [-0.15, -0.1) is 0 Å². The zero-order chi connectivity index (χ0) is 20.1. The molecule has 146 valence electrons. The van der Waals surface area contributed by atoms with Crippen molar-refractivity contribution in [2.75, 3.05) is 0 Å². The lowest BCUT2D eigenvalue weighted by Gasteiger charge is -2.13. The van der Waals surface area contributed by atoms with Crippen LogP contribution < -0.4 is 10.6 Å². The number of urea groups is 1. The van der Waals surface area contributed by atoms with Crippen molar-refractivity contribution >= 4 is 41.0 Å². The van der Waals surface area contributed by atoms with Gasteiger partial charge in [0.2, 0.25) is 5.91 Å². The van der Waals surface area contributed by atoms with Crippen LogP contribution in [0.4, 0.5) is 4.79 Å². The van der Waals surface area contributed by atoms with Gasteiger partial charge in [-0.1, -0.05) is 59.6 Å². The molecular formula is C20H19Cl2N3O3. The van der Waals surface area contributed by atoms with Crippen LogP contribution in [0.25, 0.3) is 0 Å². The summed E-state index contributed by atoms with van der Waals surface area (Å²) in [5.74, 6) is -0.527. The third-order valence-electron chi connectivity index (χ3n) is 4.42. The third-order valence-corrected chi connectivity index (χ3v) is 5.16. The highest BCUT2D eigenvalue weighted by Gasteiger charge is 2.37. The fraction of sp³-hybridized carbons (Fsp3) is 0.250. The Morgan fingerprint density at radius 2 is 1.79 bits per heavy atom. The second kappa shape index (κ2) is 9.08. The maximum Gasteiger partial charge on any atom is 0.325 e. The highest BCUT2D eigenvalue weighted by molar-refractivity contribution is 6.42. The topological polar surface area (TPSA) is 78.5 Å². The van der Waals surface area contributed by atoms with Gasteiger partial charge in [-0.05, 0) is 29.7 Å². The monoisotopic (exact) mass is 419 g/mol.